The summed E-state index contributed by atoms with van der Waals surface area (Å²) in [6.45, 7) is 0. The number of hydrogen-bond donors (Lipinski definition) is 0. The maximum atomic E-state index is 12.7. The van der Waals surface area contributed by atoms with E-state index in [1.165, 1.54) is 23.5 Å². The van der Waals surface area contributed by atoms with E-state index in [4.69, 9.17) is 16.3 Å². The number of benzene rings is 1. The van der Waals surface area contributed by atoms with E-state index < -0.39 is 12.0 Å². The van der Waals surface area contributed by atoms with E-state index in [0.29, 0.717) is 10.6 Å². The highest BCUT2D eigenvalue weighted by Gasteiger charge is 2.15. The van der Waals surface area contributed by atoms with Gasteiger partial charge >= 0.3 is 6.09 Å². The molecule has 0 saturated carbocycles. The average Bonchev–Trinajstić information content (AvgIpc) is 2.73. The molecular formula is C20H16ClN5O3. The Morgan fingerprint density at radius 2 is 1.86 bits per heavy atom. The SMILES string of the molecule is CN(C)C(=O)Oc1cccnc1C=NC(=O)c1nnccc1-c1ccc(Cl)cc1. The molecule has 2 aromatic heterocycles. The number of aliphatic imine (C=N–C) groups is 1. The molecular weight excluding hydrogens is 394 g/mol. The third kappa shape index (κ3) is 4.99. The molecule has 2 heterocycles. The van der Waals surface area contributed by atoms with Gasteiger partial charge in [0, 0.05) is 30.9 Å². The van der Waals surface area contributed by atoms with E-state index in [1.807, 2.05) is 0 Å². The first kappa shape index (κ1) is 20.1. The number of hydrogen-bond acceptors (Lipinski definition) is 6. The van der Waals surface area contributed by atoms with Crippen LogP contribution >= 0.6 is 11.6 Å². The molecule has 0 radical (unpaired) electrons. The topological polar surface area (TPSA) is 97.6 Å². The molecule has 3 aromatic rings. The van der Waals surface area contributed by atoms with Crippen molar-refractivity contribution >= 4 is 29.8 Å². The Bertz CT molecular complexity index is 1070. The third-order valence-corrected chi connectivity index (χ3v) is 4.00. The van der Waals surface area contributed by atoms with Gasteiger partial charge < -0.3 is 9.64 Å². The van der Waals surface area contributed by atoms with Crippen molar-refractivity contribution in [1.82, 2.24) is 20.1 Å². The molecule has 0 atom stereocenters. The molecule has 0 aliphatic rings. The van der Waals surface area contributed by atoms with Crippen molar-refractivity contribution in [3.63, 3.8) is 0 Å². The van der Waals surface area contributed by atoms with Gasteiger partial charge in [0.2, 0.25) is 0 Å². The summed E-state index contributed by atoms with van der Waals surface area (Å²) in [5.74, 6) is -0.432. The summed E-state index contributed by atoms with van der Waals surface area (Å²) < 4.78 is 5.23. The van der Waals surface area contributed by atoms with Crippen LogP contribution in [0.2, 0.25) is 5.02 Å². The summed E-state index contributed by atoms with van der Waals surface area (Å²) in [7, 11) is 3.12. The minimum atomic E-state index is -0.612. The molecule has 0 spiro atoms. The Morgan fingerprint density at radius 3 is 2.59 bits per heavy atom. The normalized spacial score (nSPS) is 10.7. The Balaban J connectivity index is 1.88. The van der Waals surface area contributed by atoms with Gasteiger partial charge in [-0.3, -0.25) is 9.78 Å². The Morgan fingerprint density at radius 1 is 1.10 bits per heavy atom. The molecule has 0 N–H and O–H groups in total. The summed E-state index contributed by atoms with van der Waals surface area (Å²) in [5.41, 5.74) is 1.63. The van der Waals surface area contributed by atoms with Crippen molar-refractivity contribution in [2.75, 3.05) is 14.1 Å². The number of halogens is 1. The average molecular weight is 410 g/mol. The van der Waals surface area contributed by atoms with Crippen LogP contribution in [-0.2, 0) is 0 Å². The fourth-order valence-electron chi connectivity index (χ4n) is 2.30. The number of rotatable bonds is 4. The van der Waals surface area contributed by atoms with Gasteiger partial charge in [0.05, 0.1) is 12.4 Å². The lowest BCUT2D eigenvalue weighted by Crippen LogP contribution is -2.25. The molecule has 2 amide bonds. The van der Waals surface area contributed by atoms with Crippen LogP contribution in [0.3, 0.4) is 0 Å². The number of aromatic nitrogens is 3. The smallest absolute Gasteiger partial charge is 0.408 e. The number of pyridine rings is 1. The Labute approximate surface area is 171 Å². The van der Waals surface area contributed by atoms with Crippen molar-refractivity contribution in [2.45, 2.75) is 0 Å². The lowest BCUT2D eigenvalue weighted by atomic mass is 10.0. The molecule has 0 aliphatic carbocycles. The predicted molar refractivity (Wildman–Crippen MR) is 108 cm³/mol. The number of amides is 2. The van der Waals surface area contributed by atoms with Crippen LogP contribution < -0.4 is 4.74 Å². The number of ether oxygens (including phenoxy) is 1. The van der Waals surface area contributed by atoms with Crippen LogP contribution in [0.1, 0.15) is 16.2 Å². The zero-order chi connectivity index (χ0) is 20.8. The first-order chi connectivity index (χ1) is 14.0. The fourth-order valence-corrected chi connectivity index (χ4v) is 2.43. The maximum absolute atomic E-state index is 12.7. The van der Waals surface area contributed by atoms with Gasteiger partial charge in [-0.25, -0.2) is 9.79 Å². The van der Waals surface area contributed by atoms with Gasteiger partial charge in [-0.15, -0.1) is 5.10 Å². The number of nitrogens with zero attached hydrogens (tertiary/aromatic N) is 5. The van der Waals surface area contributed by atoms with E-state index in [2.05, 4.69) is 20.2 Å². The molecule has 1 aromatic carbocycles. The highest BCUT2D eigenvalue weighted by atomic mass is 35.5. The monoisotopic (exact) mass is 409 g/mol. The zero-order valence-corrected chi connectivity index (χ0v) is 16.4. The van der Waals surface area contributed by atoms with Crippen molar-refractivity contribution in [2.24, 2.45) is 4.99 Å². The van der Waals surface area contributed by atoms with Gasteiger partial charge in [-0.05, 0) is 35.9 Å². The maximum Gasteiger partial charge on any atom is 0.414 e. The van der Waals surface area contributed by atoms with E-state index in [9.17, 15) is 9.59 Å². The number of carbonyl (C=O) groups is 2. The van der Waals surface area contributed by atoms with Crippen LogP contribution in [0.5, 0.6) is 5.75 Å². The summed E-state index contributed by atoms with van der Waals surface area (Å²) in [6.07, 6.45) is 3.64. The summed E-state index contributed by atoms with van der Waals surface area (Å²) >= 11 is 5.93. The largest absolute Gasteiger partial charge is 0.414 e. The third-order valence-electron chi connectivity index (χ3n) is 3.74. The molecule has 0 fully saturated rings. The highest BCUT2D eigenvalue weighted by molar-refractivity contribution is 6.30. The second-order valence-electron chi connectivity index (χ2n) is 6.01. The van der Waals surface area contributed by atoms with Crippen LogP contribution in [0.25, 0.3) is 11.1 Å². The summed E-state index contributed by atoms with van der Waals surface area (Å²) in [5, 5.41) is 8.28. The fraction of sp³-hybridized carbons (Fsp3) is 0.100. The summed E-state index contributed by atoms with van der Waals surface area (Å²) in [4.78, 5) is 33.7. The quantitative estimate of drug-likeness (QED) is 0.611. The first-order valence-electron chi connectivity index (χ1n) is 8.46. The highest BCUT2D eigenvalue weighted by Crippen LogP contribution is 2.24. The molecule has 0 bridgehead atoms. The molecule has 29 heavy (non-hydrogen) atoms. The molecule has 146 valence electrons. The minimum Gasteiger partial charge on any atom is -0.408 e. The van der Waals surface area contributed by atoms with Crippen molar-refractivity contribution < 1.29 is 14.3 Å². The number of carbonyl (C=O) groups excluding carboxylic acids is 2. The van der Waals surface area contributed by atoms with Crippen LogP contribution in [-0.4, -0.2) is 52.4 Å². The van der Waals surface area contributed by atoms with E-state index in [1.54, 1.807) is 56.6 Å². The van der Waals surface area contributed by atoms with Gasteiger partial charge in [0.25, 0.3) is 5.91 Å². The molecule has 0 unspecified atom stereocenters. The van der Waals surface area contributed by atoms with Crippen LogP contribution in [0.4, 0.5) is 4.79 Å². The van der Waals surface area contributed by atoms with E-state index in [-0.39, 0.29) is 17.1 Å². The second-order valence-corrected chi connectivity index (χ2v) is 6.45. The molecule has 0 saturated heterocycles. The Hall–Kier alpha value is -3.65. The van der Waals surface area contributed by atoms with Gasteiger partial charge in [0.1, 0.15) is 5.69 Å². The second kappa shape index (κ2) is 9.03. The van der Waals surface area contributed by atoms with Gasteiger partial charge in [0.15, 0.2) is 11.4 Å². The predicted octanol–water partition coefficient (Wildman–Crippen LogP) is 3.51. The standard InChI is InChI=1S/C20H16ClN5O3/c1-26(2)20(28)29-17-4-3-10-22-16(17)12-23-19(27)18-15(9-11-24-25-18)13-5-7-14(21)8-6-13/h3-12H,1-2H3. The van der Waals surface area contributed by atoms with Crippen molar-refractivity contribution in [3.8, 4) is 16.9 Å². The van der Waals surface area contributed by atoms with Gasteiger partial charge in [-0.2, -0.15) is 5.10 Å². The molecule has 8 nitrogen and oxygen atoms in total. The molecule has 0 aliphatic heterocycles. The summed E-state index contributed by atoms with van der Waals surface area (Å²) in [6, 6.07) is 11.8. The Kier molecular flexibility index (Phi) is 6.25. The van der Waals surface area contributed by atoms with Crippen LogP contribution in [0, 0.1) is 0 Å². The zero-order valence-electron chi connectivity index (χ0n) is 15.6. The molecule has 3 rings (SSSR count). The van der Waals surface area contributed by atoms with Crippen molar-refractivity contribution in [1.29, 1.82) is 0 Å². The first-order valence-corrected chi connectivity index (χ1v) is 8.83. The van der Waals surface area contributed by atoms with Gasteiger partial charge in [-0.1, -0.05) is 23.7 Å². The van der Waals surface area contributed by atoms with E-state index >= 15 is 0 Å². The lowest BCUT2D eigenvalue weighted by Gasteiger charge is -2.11. The molecule has 9 heteroatoms. The van der Waals surface area contributed by atoms with E-state index in [0.717, 1.165) is 5.56 Å². The van der Waals surface area contributed by atoms with Crippen molar-refractivity contribution in [3.05, 3.63) is 71.3 Å². The van der Waals surface area contributed by atoms with Crippen LogP contribution in [0.15, 0.2) is 59.9 Å². The lowest BCUT2D eigenvalue weighted by molar-refractivity contribution is 0.0998. The minimum absolute atomic E-state index is 0.0776.